The highest BCUT2D eigenvalue weighted by atomic mass is 14.9. The molecule has 3 heteroatoms. The molecule has 0 amide bonds. The lowest BCUT2D eigenvalue weighted by Crippen LogP contribution is -2.12. The number of aromatic nitrogens is 3. The Morgan fingerprint density at radius 3 is 2.64 bits per heavy atom. The van der Waals surface area contributed by atoms with E-state index >= 15 is 0 Å². The summed E-state index contributed by atoms with van der Waals surface area (Å²) in [6.07, 6.45) is 5.13. The lowest BCUT2D eigenvalue weighted by molar-refractivity contribution is 0.594. The Hall–Kier alpha value is -1.51. The quantitative estimate of drug-likeness (QED) is 0.635. The summed E-state index contributed by atoms with van der Waals surface area (Å²) in [5, 5.41) is 0. The topological polar surface area (TPSA) is 38.7 Å². The van der Waals surface area contributed by atoms with Crippen LogP contribution >= 0.6 is 0 Å². The summed E-state index contributed by atoms with van der Waals surface area (Å²) in [6, 6.07) is 2.02. The van der Waals surface area contributed by atoms with Gasteiger partial charge in [-0.3, -0.25) is 4.98 Å². The molecule has 2 aromatic heterocycles. The fourth-order valence-corrected chi connectivity index (χ4v) is 1.50. The minimum Gasteiger partial charge on any atom is -0.253 e. The summed E-state index contributed by atoms with van der Waals surface area (Å²) in [6.45, 7) is 6.51. The molecular formula is C11H13N3. The predicted octanol–water partition coefficient (Wildman–Crippen LogP) is 2.32. The first kappa shape index (κ1) is 9.06. The SMILES string of the molecule is CC(C)(C)c1ccnc2cncnc12. The standard InChI is InChI=1S/C11H13N3/c1-11(2,3)8-4-5-13-9-6-12-7-14-10(8)9/h4-7H,1-3H3. The summed E-state index contributed by atoms with van der Waals surface area (Å²) >= 11 is 0. The Bertz CT molecular complexity index is 452. The lowest BCUT2D eigenvalue weighted by atomic mass is 9.87. The van der Waals surface area contributed by atoms with Gasteiger partial charge in [0.05, 0.1) is 11.7 Å². The zero-order chi connectivity index (χ0) is 10.2. The third kappa shape index (κ3) is 1.45. The fourth-order valence-electron chi connectivity index (χ4n) is 1.50. The van der Waals surface area contributed by atoms with Crippen molar-refractivity contribution in [2.75, 3.05) is 0 Å². The van der Waals surface area contributed by atoms with E-state index in [0.29, 0.717) is 0 Å². The Balaban J connectivity index is 2.78. The number of nitrogens with zero attached hydrogens (tertiary/aromatic N) is 3. The molecule has 0 fully saturated rings. The van der Waals surface area contributed by atoms with Crippen LogP contribution in [0.25, 0.3) is 11.0 Å². The molecule has 0 aromatic carbocycles. The molecule has 0 saturated carbocycles. The van der Waals surface area contributed by atoms with Gasteiger partial charge < -0.3 is 0 Å². The van der Waals surface area contributed by atoms with Gasteiger partial charge in [-0.15, -0.1) is 0 Å². The number of fused-ring (bicyclic) bond motifs is 1. The van der Waals surface area contributed by atoms with E-state index < -0.39 is 0 Å². The first-order valence-corrected chi connectivity index (χ1v) is 4.64. The van der Waals surface area contributed by atoms with Gasteiger partial charge in [-0.05, 0) is 17.0 Å². The second-order valence-corrected chi connectivity index (χ2v) is 4.37. The Labute approximate surface area is 83.2 Å². The maximum Gasteiger partial charge on any atom is 0.116 e. The van der Waals surface area contributed by atoms with Crippen LogP contribution in [0.1, 0.15) is 26.3 Å². The summed E-state index contributed by atoms with van der Waals surface area (Å²) in [7, 11) is 0. The molecule has 2 rings (SSSR count). The van der Waals surface area contributed by atoms with Crippen molar-refractivity contribution in [1.29, 1.82) is 0 Å². The highest BCUT2D eigenvalue weighted by Crippen LogP contribution is 2.26. The summed E-state index contributed by atoms with van der Waals surface area (Å²) < 4.78 is 0. The number of hydrogen-bond donors (Lipinski definition) is 0. The first-order chi connectivity index (χ1) is 6.59. The second-order valence-electron chi connectivity index (χ2n) is 4.37. The van der Waals surface area contributed by atoms with Gasteiger partial charge in [0.1, 0.15) is 11.8 Å². The van der Waals surface area contributed by atoms with Crippen molar-refractivity contribution in [1.82, 2.24) is 15.0 Å². The Kier molecular flexibility index (Phi) is 1.95. The van der Waals surface area contributed by atoms with E-state index in [0.717, 1.165) is 11.0 Å². The third-order valence-electron chi connectivity index (χ3n) is 2.21. The summed E-state index contributed by atoms with van der Waals surface area (Å²) in [5.41, 5.74) is 3.12. The molecule has 72 valence electrons. The molecule has 14 heavy (non-hydrogen) atoms. The van der Waals surface area contributed by atoms with Crippen molar-refractivity contribution in [2.24, 2.45) is 0 Å². The van der Waals surface area contributed by atoms with Crippen LogP contribution in [0.5, 0.6) is 0 Å². The highest BCUT2D eigenvalue weighted by molar-refractivity contribution is 5.77. The molecule has 0 spiro atoms. The molecule has 0 aliphatic rings. The monoisotopic (exact) mass is 187 g/mol. The van der Waals surface area contributed by atoms with E-state index in [4.69, 9.17) is 0 Å². The van der Waals surface area contributed by atoms with E-state index in [1.807, 2.05) is 12.3 Å². The second kappa shape index (κ2) is 3.01. The molecular weight excluding hydrogens is 174 g/mol. The summed E-state index contributed by atoms with van der Waals surface area (Å²) in [4.78, 5) is 12.5. The molecule has 0 N–H and O–H groups in total. The molecule has 0 atom stereocenters. The minimum absolute atomic E-state index is 0.0928. The van der Waals surface area contributed by atoms with Crippen molar-refractivity contribution in [3.05, 3.63) is 30.4 Å². The normalized spacial score (nSPS) is 11.9. The van der Waals surface area contributed by atoms with Crippen LogP contribution in [0, 0.1) is 0 Å². The molecule has 0 saturated heterocycles. The molecule has 0 bridgehead atoms. The van der Waals surface area contributed by atoms with Crippen molar-refractivity contribution >= 4 is 11.0 Å². The smallest absolute Gasteiger partial charge is 0.116 e. The van der Waals surface area contributed by atoms with Crippen LogP contribution in [0.4, 0.5) is 0 Å². The average Bonchev–Trinajstić information content (AvgIpc) is 2.15. The fraction of sp³-hybridized carbons (Fsp3) is 0.364. The van der Waals surface area contributed by atoms with Crippen molar-refractivity contribution in [3.8, 4) is 0 Å². The molecule has 2 aromatic rings. The van der Waals surface area contributed by atoms with Gasteiger partial charge in [-0.25, -0.2) is 9.97 Å². The van der Waals surface area contributed by atoms with Crippen molar-refractivity contribution in [2.45, 2.75) is 26.2 Å². The zero-order valence-electron chi connectivity index (χ0n) is 8.65. The van der Waals surface area contributed by atoms with Gasteiger partial charge in [0.25, 0.3) is 0 Å². The Morgan fingerprint density at radius 1 is 1.14 bits per heavy atom. The molecule has 0 aliphatic heterocycles. The van der Waals surface area contributed by atoms with Gasteiger partial charge in [-0.1, -0.05) is 20.8 Å². The van der Waals surface area contributed by atoms with E-state index in [-0.39, 0.29) is 5.41 Å². The predicted molar refractivity (Wildman–Crippen MR) is 56.0 cm³/mol. The minimum atomic E-state index is 0.0928. The van der Waals surface area contributed by atoms with Crippen molar-refractivity contribution < 1.29 is 0 Å². The zero-order valence-corrected chi connectivity index (χ0v) is 8.65. The van der Waals surface area contributed by atoms with Gasteiger partial charge >= 0.3 is 0 Å². The summed E-state index contributed by atoms with van der Waals surface area (Å²) in [5.74, 6) is 0. The van der Waals surface area contributed by atoms with Gasteiger partial charge in [-0.2, -0.15) is 0 Å². The highest BCUT2D eigenvalue weighted by Gasteiger charge is 2.17. The van der Waals surface area contributed by atoms with Crippen LogP contribution in [-0.4, -0.2) is 15.0 Å². The number of rotatable bonds is 0. The molecule has 3 nitrogen and oxygen atoms in total. The maximum absolute atomic E-state index is 4.27. The average molecular weight is 187 g/mol. The van der Waals surface area contributed by atoms with Gasteiger partial charge in [0.15, 0.2) is 0 Å². The first-order valence-electron chi connectivity index (χ1n) is 4.64. The van der Waals surface area contributed by atoms with Crippen LogP contribution in [0.15, 0.2) is 24.8 Å². The van der Waals surface area contributed by atoms with E-state index in [9.17, 15) is 0 Å². The Morgan fingerprint density at radius 2 is 1.93 bits per heavy atom. The van der Waals surface area contributed by atoms with E-state index in [1.165, 1.54) is 5.56 Å². The van der Waals surface area contributed by atoms with Crippen molar-refractivity contribution in [3.63, 3.8) is 0 Å². The molecule has 0 unspecified atom stereocenters. The van der Waals surface area contributed by atoms with Crippen LogP contribution in [0.2, 0.25) is 0 Å². The molecule has 2 heterocycles. The molecule has 0 aliphatic carbocycles. The van der Waals surface area contributed by atoms with Crippen LogP contribution < -0.4 is 0 Å². The largest absolute Gasteiger partial charge is 0.253 e. The van der Waals surface area contributed by atoms with Crippen LogP contribution in [-0.2, 0) is 5.41 Å². The van der Waals surface area contributed by atoms with E-state index in [2.05, 4.69) is 35.7 Å². The third-order valence-corrected chi connectivity index (χ3v) is 2.21. The van der Waals surface area contributed by atoms with Crippen LogP contribution in [0.3, 0.4) is 0 Å². The molecule has 0 radical (unpaired) electrons. The maximum atomic E-state index is 4.27. The number of hydrogen-bond acceptors (Lipinski definition) is 3. The van der Waals surface area contributed by atoms with Gasteiger partial charge in [0.2, 0.25) is 0 Å². The lowest BCUT2D eigenvalue weighted by Gasteiger charge is -2.19. The van der Waals surface area contributed by atoms with Gasteiger partial charge in [0, 0.05) is 6.20 Å². The van der Waals surface area contributed by atoms with E-state index in [1.54, 1.807) is 12.5 Å². The number of pyridine rings is 1.